The average molecular weight is 258 g/mol. The molecule has 4 N–H and O–H groups in total. The first-order valence-corrected chi connectivity index (χ1v) is 6.73. The van der Waals surface area contributed by atoms with Gasteiger partial charge in [-0.25, -0.2) is 0 Å². The molecule has 0 saturated heterocycles. The van der Waals surface area contributed by atoms with Gasteiger partial charge in [-0.1, -0.05) is 12.8 Å². The SMILES string of the molecule is N[C@@H]1CCCC[C@H]1NC(=O)c1ccc2[nH]ncc2c1. The minimum Gasteiger partial charge on any atom is -0.348 e. The number of hydrogen-bond donors (Lipinski definition) is 3. The molecule has 0 radical (unpaired) electrons. The van der Waals surface area contributed by atoms with E-state index in [1.54, 1.807) is 6.20 Å². The molecule has 0 unspecified atom stereocenters. The Hall–Kier alpha value is -1.88. The lowest BCUT2D eigenvalue weighted by molar-refractivity contribution is 0.0921. The van der Waals surface area contributed by atoms with Gasteiger partial charge in [0.15, 0.2) is 0 Å². The van der Waals surface area contributed by atoms with Gasteiger partial charge < -0.3 is 11.1 Å². The third-order valence-electron chi connectivity index (χ3n) is 3.84. The fourth-order valence-electron chi connectivity index (χ4n) is 2.67. The summed E-state index contributed by atoms with van der Waals surface area (Å²) in [6.07, 6.45) is 5.99. The van der Waals surface area contributed by atoms with E-state index in [-0.39, 0.29) is 18.0 Å². The zero-order valence-corrected chi connectivity index (χ0v) is 10.7. The van der Waals surface area contributed by atoms with E-state index in [1.165, 1.54) is 0 Å². The fourth-order valence-corrected chi connectivity index (χ4v) is 2.67. The molecule has 0 aliphatic heterocycles. The zero-order valence-electron chi connectivity index (χ0n) is 10.7. The zero-order chi connectivity index (χ0) is 13.2. The van der Waals surface area contributed by atoms with E-state index in [1.807, 2.05) is 18.2 Å². The molecule has 2 atom stereocenters. The summed E-state index contributed by atoms with van der Waals surface area (Å²) in [5.74, 6) is -0.0505. The van der Waals surface area contributed by atoms with Gasteiger partial charge in [-0.05, 0) is 31.0 Å². The van der Waals surface area contributed by atoms with Gasteiger partial charge in [-0.2, -0.15) is 5.10 Å². The van der Waals surface area contributed by atoms with Gasteiger partial charge in [0.2, 0.25) is 0 Å². The average Bonchev–Trinajstić information content (AvgIpc) is 2.88. The Kier molecular flexibility index (Phi) is 3.21. The van der Waals surface area contributed by atoms with Crippen molar-refractivity contribution in [2.45, 2.75) is 37.8 Å². The van der Waals surface area contributed by atoms with Crippen LogP contribution in [-0.2, 0) is 0 Å². The topological polar surface area (TPSA) is 83.8 Å². The van der Waals surface area contributed by atoms with Crippen LogP contribution >= 0.6 is 0 Å². The number of fused-ring (bicyclic) bond motifs is 1. The third-order valence-corrected chi connectivity index (χ3v) is 3.84. The summed E-state index contributed by atoms with van der Waals surface area (Å²) in [4.78, 5) is 12.2. The van der Waals surface area contributed by atoms with Gasteiger partial charge in [0.1, 0.15) is 0 Å². The Balaban J connectivity index is 1.75. The predicted molar refractivity (Wildman–Crippen MR) is 73.8 cm³/mol. The van der Waals surface area contributed by atoms with Crippen LogP contribution in [0.15, 0.2) is 24.4 Å². The maximum Gasteiger partial charge on any atom is 0.251 e. The van der Waals surface area contributed by atoms with Crippen LogP contribution in [0.3, 0.4) is 0 Å². The molecular weight excluding hydrogens is 240 g/mol. The van der Waals surface area contributed by atoms with Crippen molar-refractivity contribution in [3.05, 3.63) is 30.0 Å². The quantitative estimate of drug-likeness (QED) is 0.764. The van der Waals surface area contributed by atoms with Crippen LogP contribution in [0.4, 0.5) is 0 Å². The van der Waals surface area contributed by atoms with Crippen LogP contribution in [0.1, 0.15) is 36.0 Å². The highest BCUT2D eigenvalue weighted by Crippen LogP contribution is 2.18. The molecule has 1 saturated carbocycles. The molecule has 1 amide bonds. The number of carbonyl (C=O) groups excluding carboxylic acids is 1. The smallest absolute Gasteiger partial charge is 0.251 e. The summed E-state index contributed by atoms with van der Waals surface area (Å²) in [5.41, 5.74) is 7.64. The maximum atomic E-state index is 12.2. The van der Waals surface area contributed by atoms with E-state index in [9.17, 15) is 4.79 Å². The number of H-pyrrole nitrogens is 1. The van der Waals surface area contributed by atoms with Crippen molar-refractivity contribution < 1.29 is 4.79 Å². The molecular formula is C14H18N4O. The van der Waals surface area contributed by atoms with Crippen molar-refractivity contribution in [3.8, 4) is 0 Å². The predicted octanol–water partition coefficient (Wildman–Crippen LogP) is 1.56. The van der Waals surface area contributed by atoms with E-state index < -0.39 is 0 Å². The number of carbonyl (C=O) groups is 1. The first-order chi connectivity index (χ1) is 9.24. The highest BCUT2D eigenvalue weighted by Gasteiger charge is 2.23. The van der Waals surface area contributed by atoms with Crippen LogP contribution in [0.5, 0.6) is 0 Å². The van der Waals surface area contributed by atoms with E-state index in [0.29, 0.717) is 5.56 Å². The molecule has 1 aliphatic rings. The number of benzene rings is 1. The lowest BCUT2D eigenvalue weighted by atomic mass is 9.91. The van der Waals surface area contributed by atoms with Crippen molar-refractivity contribution in [1.29, 1.82) is 0 Å². The van der Waals surface area contributed by atoms with Crippen molar-refractivity contribution in [2.75, 3.05) is 0 Å². The monoisotopic (exact) mass is 258 g/mol. The van der Waals surface area contributed by atoms with E-state index in [0.717, 1.165) is 36.6 Å². The number of nitrogens with two attached hydrogens (primary N) is 1. The first kappa shape index (κ1) is 12.2. The molecule has 3 rings (SSSR count). The molecule has 1 aromatic carbocycles. The molecule has 1 aliphatic carbocycles. The Morgan fingerprint density at radius 2 is 2.21 bits per heavy atom. The van der Waals surface area contributed by atoms with Gasteiger partial charge in [0.25, 0.3) is 5.91 Å². The van der Waals surface area contributed by atoms with E-state index >= 15 is 0 Å². The van der Waals surface area contributed by atoms with Crippen molar-refractivity contribution in [2.24, 2.45) is 5.73 Å². The standard InChI is InChI=1S/C14H18N4O/c15-11-3-1-2-4-13(11)17-14(19)9-5-6-12-10(7-9)8-16-18-12/h5-8,11,13H,1-4,15H2,(H,16,18)(H,17,19)/t11-,13-/m1/s1. The molecule has 100 valence electrons. The lowest BCUT2D eigenvalue weighted by Gasteiger charge is -2.29. The number of hydrogen-bond acceptors (Lipinski definition) is 3. The molecule has 5 nitrogen and oxygen atoms in total. The van der Waals surface area contributed by atoms with Crippen LogP contribution < -0.4 is 11.1 Å². The number of rotatable bonds is 2. The molecule has 19 heavy (non-hydrogen) atoms. The normalized spacial score (nSPS) is 23.4. The number of amides is 1. The second kappa shape index (κ2) is 5.01. The minimum atomic E-state index is -0.0505. The molecule has 1 aromatic heterocycles. The molecule has 0 bridgehead atoms. The number of aromatic nitrogens is 2. The Morgan fingerprint density at radius 1 is 1.37 bits per heavy atom. The number of nitrogens with one attached hydrogen (secondary N) is 2. The molecule has 1 fully saturated rings. The summed E-state index contributed by atoms with van der Waals surface area (Å²) in [6.45, 7) is 0. The third kappa shape index (κ3) is 2.46. The summed E-state index contributed by atoms with van der Waals surface area (Å²) in [6, 6.07) is 5.71. The highest BCUT2D eigenvalue weighted by molar-refractivity contribution is 5.98. The first-order valence-electron chi connectivity index (χ1n) is 6.73. The lowest BCUT2D eigenvalue weighted by Crippen LogP contribution is -2.49. The van der Waals surface area contributed by atoms with Gasteiger partial charge in [0.05, 0.1) is 11.7 Å². The van der Waals surface area contributed by atoms with Crippen LogP contribution in [0.25, 0.3) is 10.9 Å². The number of aromatic amines is 1. The van der Waals surface area contributed by atoms with Gasteiger partial charge in [-0.3, -0.25) is 9.89 Å². The van der Waals surface area contributed by atoms with Crippen molar-refractivity contribution in [1.82, 2.24) is 15.5 Å². The van der Waals surface area contributed by atoms with Crippen LogP contribution in [0, 0.1) is 0 Å². The van der Waals surface area contributed by atoms with Gasteiger partial charge >= 0.3 is 0 Å². The van der Waals surface area contributed by atoms with Crippen LogP contribution in [-0.4, -0.2) is 28.2 Å². The number of nitrogens with zero attached hydrogens (tertiary/aromatic N) is 1. The molecule has 2 aromatic rings. The maximum absolute atomic E-state index is 12.2. The van der Waals surface area contributed by atoms with Gasteiger partial charge in [-0.15, -0.1) is 0 Å². The fraction of sp³-hybridized carbons (Fsp3) is 0.429. The summed E-state index contributed by atoms with van der Waals surface area (Å²) < 4.78 is 0. The summed E-state index contributed by atoms with van der Waals surface area (Å²) >= 11 is 0. The Morgan fingerprint density at radius 3 is 3.05 bits per heavy atom. The Labute approximate surface area is 111 Å². The highest BCUT2D eigenvalue weighted by atomic mass is 16.1. The van der Waals surface area contributed by atoms with Crippen LogP contribution in [0.2, 0.25) is 0 Å². The van der Waals surface area contributed by atoms with Crippen molar-refractivity contribution >= 4 is 16.8 Å². The minimum absolute atomic E-state index is 0.0505. The second-order valence-corrected chi connectivity index (χ2v) is 5.20. The molecule has 1 heterocycles. The second-order valence-electron chi connectivity index (χ2n) is 5.20. The Bertz CT molecular complexity index is 592. The molecule has 0 spiro atoms. The summed E-state index contributed by atoms with van der Waals surface area (Å²) in [5, 5.41) is 10.8. The van der Waals surface area contributed by atoms with E-state index in [4.69, 9.17) is 5.73 Å². The summed E-state index contributed by atoms with van der Waals surface area (Å²) in [7, 11) is 0. The molecule has 5 heteroatoms. The van der Waals surface area contributed by atoms with E-state index in [2.05, 4.69) is 15.5 Å². The van der Waals surface area contributed by atoms with Gasteiger partial charge in [0, 0.05) is 23.0 Å². The van der Waals surface area contributed by atoms with Crippen molar-refractivity contribution in [3.63, 3.8) is 0 Å². The largest absolute Gasteiger partial charge is 0.348 e.